The maximum Gasteiger partial charge on any atom is 0.171 e. The fraction of sp³-hybridized carbons (Fsp3) is 0. The van der Waals surface area contributed by atoms with Crippen LogP contribution >= 0.6 is 0 Å². The van der Waals surface area contributed by atoms with E-state index in [2.05, 4.69) is 0 Å². The predicted octanol–water partition coefficient (Wildman–Crippen LogP) is 2.59. The predicted molar refractivity (Wildman–Crippen MR) is 37.2 cm³/mol. The molecule has 67 valence electrons. The summed E-state index contributed by atoms with van der Waals surface area (Å²) >= 11 is 0. The average Bonchev–Trinajstić information content (AvgIpc) is 2.35. The minimum Gasteiger partial charge on any atom is -0.204 e. The Kier molecular flexibility index (Phi) is 1.55. The van der Waals surface area contributed by atoms with Crippen LogP contribution in [0.3, 0.4) is 0 Å². The fourth-order valence-corrected chi connectivity index (χ4v) is 1.12. The van der Waals surface area contributed by atoms with Gasteiger partial charge >= 0.3 is 0 Å². The SMILES string of the molecule is Fc1ccc2c(c(F)[c]n2F)c1F. The summed E-state index contributed by atoms with van der Waals surface area (Å²) in [4.78, 5) is -0.215. The van der Waals surface area contributed by atoms with Crippen molar-refractivity contribution in [1.82, 2.24) is 4.79 Å². The highest BCUT2D eigenvalue weighted by Crippen LogP contribution is 2.24. The minimum absolute atomic E-state index is 0.215. The van der Waals surface area contributed by atoms with E-state index in [9.17, 15) is 17.7 Å². The van der Waals surface area contributed by atoms with Crippen LogP contribution < -0.4 is 0 Å². The summed E-state index contributed by atoms with van der Waals surface area (Å²) in [7, 11) is 0. The third-order valence-corrected chi connectivity index (χ3v) is 1.70. The molecule has 0 aliphatic carbocycles. The van der Waals surface area contributed by atoms with Gasteiger partial charge in [-0.1, -0.05) is 4.48 Å². The number of benzene rings is 1. The first-order valence-electron chi connectivity index (χ1n) is 3.34. The van der Waals surface area contributed by atoms with Crippen LogP contribution in [-0.2, 0) is 0 Å². The van der Waals surface area contributed by atoms with Gasteiger partial charge in [0.15, 0.2) is 17.5 Å². The van der Waals surface area contributed by atoms with Crippen molar-refractivity contribution in [1.29, 1.82) is 0 Å². The Morgan fingerprint density at radius 1 is 1.15 bits per heavy atom. The van der Waals surface area contributed by atoms with Gasteiger partial charge in [-0.15, -0.1) is 0 Å². The maximum absolute atomic E-state index is 12.9. The van der Waals surface area contributed by atoms with Crippen LogP contribution in [0.15, 0.2) is 12.1 Å². The number of hydrogen-bond acceptors (Lipinski definition) is 0. The van der Waals surface area contributed by atoms with Gasteiger partial charge in [-0.2, -0.15) is 4.79 Å². The Labute approximate surface area is 70.1 Å². The second-order valence-corrected chi connectivity index (χ2v) is 2.46. The highest BCUT2D eigenvalue weighted by Gasteiger charge is 2.16. The smallest absolute Gasteiger partial charge is 0.171 e. The molecular formula is C8H2F4N. The molecule has 1 heterocycles. The molecule has 0 unspecified atom stereocenters. The van der Waals surface area contributed by atoms with Gasteiger partial charge in [0.2, 0.25) is 0 Å². The number of fused-ring (bicyclic) bond motifs is 1. The standard InChI is InChI=1S/C8H2F4N/c9-4-1-2-6-7(8(4)11)5(10)3-13(6)12/h1-2H. The Bertz CT molecular complexity index is 474. The summed E-state index contributed by atoms with van der Waals surface area (Å²) in [5.41, 5.74) is -0.378. The van der Waals surface area contributed by atoms with E-state index in [0.717, 1.165) is 12.1 Å². The molecule has 2 rings (SSSR count). The number of halogens is 4. The van der Waals surface area contributed by atoms with E-state index >= 15 is 0 Å². The summed E-state index contributed by atoms with van der Waals surface area (Å²) in [6.45, 7) is 0. The van der Waals surface area contributed by atoms with Gasteiger partial charge in [-0.3, -0.25) is 0 Å². The molecule has 0 N–H and O–H groups in total. The summed E-state index contributed by atoms with van der Waals surface area (Å²) in [5, 5.41) is -0.720. The monoisotopic (exact) mass is 188 g/mol. The van der Waals surface area contributed by atoms with E-state index in [1.165, 1.54) is 0 Å². The first-order chi connectivity index (χ1) is 6.11. The fourth-order valence-electron chi connectivity index (χ4n) is 1.12. The van der Waals surface area contributed by atoms with Gasteiger partial charge in [-0.05, 0) is 12.1 Å². The molecule has 13 heavy (non-hydrogen) atoms. The molecule has 1 aromatic heterocycles. The zero-order valence-electron chi connectivity index (χ0n) is 6.11. The summed E-state index contributed by atoms with van der Waals surface area (Å²) < 4.78 is 50.8. The molecular weight excluding hydrogens is 186 g/mol. The van der Waals surface area contributed by atoms with Gasteiger partial charge in [0.1, 0.15) is 6.20 Å². The Balaban J connectivity index is 2.98. The van der Waals surface area contributed by atoms with Crippen molar-refractivity contribution in [3.05, 3.63) is 35.8 Å². The molecule has 0 amide bonds. The molecule has 0 saturated heterocycles. The first-order valence-corrected chi connectivity index (χ1v) is 3.34. The van der Waals surface area contributed by atoms with Crippen molar-refractivity contribution >= 4 is 10.9 Å². The molecule has 2 aromatic rings. The maximum atomic E-state index is 12.9. The molecule has 0 aliphatic rings. The van der Waals surface area contributed by atoms with Crippen LogP contribution in [0.1, 0.15) is 0 Å². The van der Waals surface area contributed by atoms with Crippen LogP contribution in [0.2, 0.25) is 0 Å². The Morgan fingerprint density at radius 2 is 1.85 bits per heavy atom. The van der Waals surface area contributed by atoms with Crippen molar-refractivity contribution in [3.8, 4) is 0 Å². The second-order valence-electron chi connectivity index (χ2n) is 2.46. The molecule has 5 heteroatoms. The molecule has 1 radical (unpaired) electrons. The van der Waals surface area contributed by atoms with Gasteiger partial charge < -0.3 is 0 Å². The second kappa shape index (κ2) is 2.48. The van der Waals surface area contributed by atoms with Crippen molar-refractivity contribution < 1.29 is 17.7 Å². The van der Waals surface area contributed by atoms with E-state index < -0.39 is 22.8 Å². The van der Waals surface area contributed by atoms with Crippen molar-refractivity contribution in [2.75, 3.05) is 0 Å². The first kappa shape index (κ1) is 8.10. The van der Waals surface area contributed by atoms with Crippen molar-refractivity contribution in [2.24, 2.45) is 0 Å². The highest BCUT2D eigenvalue weighted by molar-refractivity contribution is 5.81. The van der Waals surface area contributed by atoms with E-state index in [0.29, 0.717) is 0 Å². The van der Waals surface area contributed by atoms with Crippen LogP contribution in [-0.4, -0.2) is 4.79 Å². The zero-order chi connectivity index (χ0) is 9.59. The topological polar surface area (TPSA) is 4.93 Å². The normalized spacial score (nSPS) is 11.1. The molecule has 0 atom stereocenters. The summed E-state index contributed by atoms with van der Waals surface area (Å²) in [6, 6.07) is 1.66. The molecule has 0 aliphatic heterocycles. The number of aromatic nitrogens is 1. The zero-order valence-corrected chi connectivity index (χ0v) is 6.11. The number of nitrogens with zero attached hydrogens (tertiary/aromatic N) is 1. The van der Waals surface area contributed by atoms with Crippen LogP contribution in [0.25, 0.3) is 10.9 Å². The van der Waals surface area contributed by atoms with Crippen LogP contribution in [0.4, 0.5) is 17.7 Å². The highest BCUT2D eigenvalue weighted by atomic mass is 19.2. The Morgan fingerprint density at radius 3 is 2.54 bits per heavy atom. The summed E-state index contributed by atoms with van der Waals surface area (Å²) in [5.74, 6) is -3.86. The lowest BCUT2D eigenvalue weighted by Crippen LogP contribution is -1.86. The van der Waals surface area contributed by atoms with E-state index in [1.54, 1.807) is 6.20 Å². The lowest BCUT2D eigenvalue weighted by Gasteiger charge is -1.94. The third kappa shape index (κ3) is 0.998. The van der Waals surface area contributed by atoms with E-state index in [1.807, 2.05) is 0 Å². The summed E-state index contributed by atoms with van der Waals surface area (Å²) in [6.07, 6.45) is 1.56. The van der Waals surface area contributed by atoms with Crippen molar-refractivity contribution in [3.63, 3.8) is 0 Å². The lowest BCUT2D eigenvalue weighted by atomic mass is 10.2. The van der Waals surface area contributed by atoms with Gasteiger partial charge in [-0.25, -0.2) is 13.2 Å². The molecule has 1 nitrogen and oxygen atoms in total. The quantitative estimate of drug-likeness (QED) is 0.560. The Hall–Kier alpha value is -1.52. The lowest BCUT2D eigenvalue weighted by molar-refractivity contribution is 0.378. The van der Waals surface area contributed by atoms with Gasteiger partial charge in [0.25, 0.3) is 0 Å². The molecule has 1 aromatic carbocycles. The van der Waals surface area contributed by atoms with Crippen LogP contribution in [0.5, 0.6) is 0 Å². The molecule has 0 bridgehead atoms. The number of hydrogen-bond donors (Lipinski definition) is 0. The molecule has 0 saturated carbocycles. The van der Waals surface area contributed by atoms with Gasteiger partial charge in [0.05, 0.1) is 10.9 Å². The van der Waals surface area contributed by atoms with E-state index in [-0.39, 0.29) is 10.3 Å². The third-order valence-electron chi connectivity index (χ3n) is 1.70. The minimum atomic E-state index is -1.40. The van der Waals surface area contributed by atoms with Crippen molar-refractivity contribution in [2.45, 2.75) is 0 Å². The largest absolute Gasteiger partial charge is 0.204 e. The molecule has 0 fully saturated rings. The molecule has 0 spiro atoms. The van der Waals surface area contributed by atoms with Gasteiger partial charge in [0, 0.05) is 0 Å². The number of rotatable bonds is 0. The van der Waals surface area contributed by atoms with E-state index in [4.69, 9.17) is 0 Å². The van der Waals surface area contributed by atoms with Crippen LogP contribution in [0, 0.1) is 23.6 Å². The average molecular weight is 188 g/mol.